The summed E-state index contributed by atoms with van der Waals surface area (Å²) >= 11 is 11.2. The Kier molecular flexibility index (Phi) is 8.44. The molecule has 142 valence electrons. The van der Waals surface area contributed by atoms with E-state index in [9.17, 15) is 22.2 Å². The normalized spacial score (nSPS) is 12.0. The van der Waals surface area contributed by atoms with E-state index < -0.39 is 27.7 Å². The largest absolute Gasteiger partial charge is 0.417 e. The Bertz CT molecular complexity index is 806. The molecule has 2 rings (SSSR count). The lowest BCUT2D eigenvalue weighted by molar-refractivity contribution is -0.137. The van der Waals surface area contributed by atoms with E-state index in [-0.39, 0.29) is 21.3 Å². The number of hydrazine groups is 1. The average Bonchev–Trinajstić information content (AvgIpc) is 2.55. The van der Waals surface area contributed by atoms with Gasteiger partial charge in [-0.1, -0.05) is 23.2 Å². The van der Waals surface area contributed by atoms with E-state index in [4.69, 9.17) is 23.2 Å². The first kappa shape index (κ1) is 22.3. The summed E-state index contributed by atoms with van der Waals surface area (Å²) in [6.45, 7) is 0. The Morgan fingerprint density at radius 2 is 1.88 bits per heavy atom. The monoisotopic (exact) mass is 428 g/mol. The molecule has 1 unspecified atom stereocenters. The topological polar surface area (TPSA) is 97.1 Å². The second-order valence-electron chi connectivity index (χ2n) is 4.50. The van der Waals surface area contributed by atoms with E-state index in [1.807, 2.05) is 0 Å². The van der Waals surface area contributed by atoms with Gasteiger partial charge < -0.3 is 0 Å². The molecule has 0 aliphatic carbocycles. The van der Waals surface area contributed by atoms with Gasteiger partial charge in [-0.05, 0) is 31.3 Å². The Morgan fingerprint density at radius 3 is 2.42 bits per heavy atom. The van der Waals surface area contributed by atoms with Crippen molar-refractivity contribution in [2.45, 2.75) is 11.1 Å². The Hall–Kier alpha value is -1.72. The zero-order valence-corrected chi connectivity index (χ0v) is 15.4. The minimum Gasteiger partial charge on any atom is -0.299 e. The first-order chi connectivity index (χ1) is 12.1. The first-order valence-electron chi connectivity index (χ1n) is 6.67. The van der Waals surface area contributed by atoms with Crippen molar-refractivity contribution in [1.82, 2.24) is 10.4 Å². The van der Waals surface area contributed by atoms with Crippen molar-refractivity contribution in [2.24, 2.45) is 5.84 Å². The number of hydrogen-bond acceptors (Lipinski definition) is 5. The number of nitrogens with two attached hydrogens (primary N) is 1. The molecule has 0 bridgehead atoms. The molecule has 0 amide bonds. The van der Waals surface area contributed by atoms with Crippen LogP contribution in [0.5, 0.6) is 0 Å². The number of anilines is 1. The molecule has 6 nitrogen and oxygen atoms in total. The van der Waals surface area contributed by atoms with Gasteiger partial charge in [-0.25, -0.2) is 9.19 Å². The Balaban J connectivity index is 0.00000105. The van der Waals surface area contributed by atoms with E-state index in [0.717, 1.165) is 6.07 Å². The highest BCUT2D eigenvalue weighted by atomic mass is 35.5. The van der Waals surface area contributed by atoms with E-state index in [2.05, 4.69) is 21.0 Å². The summed E-state index contributed by atoms with van der Waals surface area (Å²) in [5, 5.41) is -0.335. The fraction of sp³-hybridized carbons (Fsp3) is 0.143. The fourth-order valence-corrected chi connectivity index (χ4v) is 2.90. The second kappa shape index (κ2) is 9.83. The first-order valence-corrected chi connectivity index (χ1v) is 8.57. The number of benzene rings is 1. The maximum atomic E-state index is 12.8. The number of alkyl halides is 3. The van der Waals surface area contributed by atoms with Gasteiger partial charge >= 0.3 is 6.18 Å². The number of carbonyl (C=O) groups excluding carboxylic acids is 1. The predicted octanol–water partition coefficient (Wildman–Crippen LogP) is 3.43. The number of carbonyl (C=O) groups is 1. The van der Waals surface area contributed by atoms with Gasteiger partial charge in [0.2, 0.25) is 0 Å². The summed E-state index contributed by atoms with van der Waals surface area (Å²) < 4.78 is 53.0. The van der Waals surface area contributed by atoms with Crippen LogP contribution in [0.15, 0.2) is 35.4 Å². The minimum atomic E-state index is -4.68. The van der Waals surface area contributed by atoms with E-state index in [0.29, 0.717) is 12.4 Å². The number of halogens is 5. The van der Waals surface area contributed by atoms with Crippen LogP contribution < -0.4 is 16.0 Å². The number of pyridine rings is 1. The molecule has 0 spiro atoms. The average molecular weight is 429 g/mol. The second-order valence-corrected chi connectivity index (χ2v) is 6.56. The van der Waals surface area contributed by atoms with Crippen molar-refractivity contribution in [1.29, 1.82) is 0 Å². The molecule has 1 aromatic heterocycles. The standard InChI is InChI=1S/C13H7Cl2F3N2O2S.CH6N2/c14-7-3-11(12(6-21)19-5-7)20-23(22)8-1-2-10(15)9(4-8)13(16,17)18;1-3-2/h1-6,20H;3H,2H2,1H3. The quantitative estimate of drug-likeness (QED) is 0.393. The molecule has 0 aliphatic rings. The van der Waals surface area contributed by atoms with Crippen LogP contribution >= 0.6 is 23.2 Å². The molecule has 0 radical (unpaired) electrons. The number of nitrogens with zero attached hydrogens (tertiary/aromatic N) is 1. The van der Waals surface area contributed by atoms with Crippen molar-refractivity contribution >= 4 is 46.2 Å². The van der Waals surface area contributed by atoms with Crippen LogP contribution in [-0.2, 0) is 17.2 Å². The van der Waals surface area contributed by atoms with Crippen molar-refractivity contribution in [3.63, 3.8) is 0 Å². The van der Waals surface area contributed by atoms with Gasteiger partial charge in [-0.15, -0.1) is 0 Å². The van der Waals surface area contributed by atoms with Crippen LogP contribution in [0.1, 0.15) is 16.1 Å². The summed E-state index contributed by atoms with van der Waals surface area (Å²) in [5.74, 6) is 4.60. The smallest absolute Gasteiger partial charge is 0.299 e. The molecule has 0 saturated heterocycles. The number of rotatable bonds is 4. The molecule has 4 N–H and O–H groups in total. The summed E-state index contributed by atoms with van der Waals surface area (Å²) in [7, 11) is -0.421. The van der Waals surface area contributed by atoms with E-state index >= 15 is 0 Å². The Morgan fingerprint density at radius 1 is 1.27 bits per heavy atom. The SMILES string of the molecule is CNN.O=Cc1ncc(Cl)cc1NS(=O)c1ccc(Cl)c(C(F)(F)F)c1. The van der Waals surface area contributed by atoms with Gasteiger partial charge in [0.25, 0.3) is 0 Å². The molecule has 12 heteroatoms. The molecule has 1 aromatic carbocycles. The lowest BCUT2D eigenvalue weighted by Gasteiger charge is -2.12. The van der Waals surface area contributed by atoms with Crippen molar-refractivity contribution in [3.8, 4) is 0 Å². The van der Waals surface area contributed by atoms with Crippen molar-refractivity contribution < 1.29 is 22.2 Å². The van der Waals surface area contributed by atoms with Crippen LogP contribution in [0.2, 0.25) is 10.0 Å². The van der Waals surface area contributed by atoms with Gasteiger partial charge in [-0.2, -0.15) is 13.2 Å². The highest BCUT2D eigenvalue weighted by molar-refractivity contribution is 7.86. The molecule has 0 aliphatic heterocycles. The third-order valence-corrected chi connectivity index (χ3v) is 4.28. The number of hydrogen-bond donors (Lipinski definition) is 3. The van der Waals surface area contributed by atoms with Gasteiger partial charge in [-0.3, -0.25) is 20.8 Å². The molecule has 26 heavy (non-hydrogen) atoms. The van der Waals surface area contributed by atoms with Crippen molar-refractivity contribution in [2.75, 3.05) is 11.8 Å². The molecular formula is C14H13Cl2F3N4O2S. The molecule has 0 fully saturated rings. The third kappa shape index (κ3) is 6.22. The maximum Gasteiger partial charge on any atom is 0.417 e. The van der Waals surface area contributed by atoms with Crippen molar-refractivity contribution in [3.05, 3.63) is 51.8 Å². The maximum absolute atomic E-state index is 12.8. The lowest BCUT2D eigenvalue weighted by atomic mass is 10.2. The van der Waals surface area contributed by atoms with E-state index in [1.54, 1.807) is 7.05 Å². The number of nitrogens with one attached hydrogen (secondary N) is 2. The summed E-state index contributed by atoms with van der Waals surface area (Å²) in [5.41, 5.74) is 1.11. The molecule has 1 atom stereocenters. The number of aromatic nitrogens is 1. The molecule has 1 heterocycles. The highest BCUT2D eigenvalue weighted by Gasteiger charge is 2.33. The lowest BCUT2D eigenvalue weighted by Crippen LogP contribution is -2.13. The minimum absolute atomic E-state index is 0.0364. The van der Waals surface area contributed by atoms with Crippen LogP contribution in [0.4, 0.5) is 18.9 Å². The molecule has 0 saturated carbocycles. The van der Waals surface area contributed by atoms with Crippen LogP contribution in [0.3, 0.4) is 0 Å². The zero-order chi connectivity index (χ0) is 19.9. The summed E-state index contributed by atoms with van der Waals surface area (Å²) in [6, 6.07) is 4.14. The predicted molar refractivity (Wildman–Crippen MR) is 94.4 cm³/mol. The molecular weight excluding hydrogens is 416 g/mol. The summed E-state index contributed by atoms with van der Waals surface area (Å²) in [6.07, 6.45) is -3.06. The summed E-state index contributed by atoms with van der Waals surface area (Å²) in [4.78, 5) is 14.4. The van der Waals surface area contributed by atoms with Gasteiger partial charge in [0.15, 0.2) is 6.29 Å². The van der Waals surface area contributed by atoms with Crippen LogP contribution in [0.25, 0.3) is 0 Å². The van der Waals surface area contributed by atoms with Crippen LogP contribution in [-0.4, -0.2) is 22.5 Å². The van der Waals surface area contributed by atoms with E-state index in [1.165, 1.54) is 18.3 Å². The fourth-order valence-electron chi connectivity index (χ4n) is 1.62. The Labute approximate surface area is 159 Å². The van der Waals surface area contributed by atoms with Gasteiger partial charge in [0.1, 0.15) is 16.7 Å². The van der Waals surface area contributed by atoms with Gasteiger partial charge in [0, 0.05) is 6.20 Å². The zero-order valence-electron chi connectivity index (χ0n) is 13.1. The molecule has 2 aromatic rings. The van der Waals surface area contributed by atoms with Crippen LogP contribution in [0, 0.1) is 0 Å². The highest BCUT2D eigenvalue weighted by Crippen LogP contribution is 2.35. The van der Waals surface area contributed by atoms with Gasteiger partial charge in [0.05, 0.1) is 26.2 Å². The number of aldehydes is 1. The third-order valence-electron chi connectivity index (χ3n) is 2.66.